The molecule has 4 nitrogen and oxygen atoms in total. The highest BCUT2D eigenvalue weighted by Gasteiger charge is 2.52. The minimum atomic E-state index is -0.410. The molecule has 0 radical (unpaired) electrons. The molecule has 0 saturated carbocycles. The van der Waals surface area contributed by atoms with Gasteiger partial charge < -0.3 is 14.6 Å². The quantitative estimate of drug-likeness (QED) is 0.882. The third-order valence-electron chi connectivity index (χ3n) is 4.68. The second-order valence-electron chi connectivity index (χ2n) is 6.89. The molecule has 0 amide bonds. The molecule has 3 rings (SSSR count). The summed E-state index contributed by atoms with van der Waals surface area (Å²) >= 11 is 0. The van der Waals surface area contributed by atoms with Crippen LogP contribution in [-0.2, 0) is 15.9 Å². The zero-order valence-corrected chi connectivity index (χ0v) is 14.2. The summed E-state index contributed by atoms with van der Waals surface area (Å²) < 4.78 is 12.3. The van der Waals surface area contributed by atoms with E-state index >= 15 is 0 Å². The molecule has 1 aromatic heterocycles. The minimum Gasteiger partial charge on any atom is -0.399 e. The van der Waals surface area contributed by atoms with Crippen LogP contribution in [0.4, 0.5) is 5.69 Å². The smallest absolute Gasteiger partial charge is 0.399 e. The summed E-state index contributed by atoms with van der Waals surface area (Å²) in [5, 5.41) is 3.46. The van der Waals surface area contributed by atoms with Gasteiger partial charge in [-0.25, -0.2) is 0 Å². The lowest BCUT2D eigenvalue weighted by Crippen LogP contribution is -2.41. The van der Waals surface area contributed by atoms with Gasteiger partial charge in [-0.1, -0.05) is 30.3 Å². The van der Waals surface area contributed by atoms with Crippen molar-refractivity contribution in [3.63, 3.8) is 0 Å². The van der Waals surface area contributed by atoms with E-state index in [9.17, 15) is 0 Å². The maximum absolute atomic E-state index is 6.14. The van der Waals surface area contributed by atoms with Gasteiger partial charge in [0.1, 0.15) is 0 Å². The highest BCUT2D eigenvalue weighted by Crippen LogP contribution is 2.36. The Balaban J connectivity index is 1.79. The third-order valence-corrected chi connectivity index (χ3v) is 4.68. The minimum absolute atomic E-state index is 0.357. The van der Waals surface area contributed by atoms with Crippen molar-refractivity contribution in [2.24, 2.45) is 0 Å². The summed E-state index contributed by atoms with van der Waals surface area (Å²) in [6.45, 7) is 8.97. The van der Waals surface area contributed by atoms with E-state index in [0.29, 0.717) is 0 Å². The van der Waals surface area contributed by atoms with Crippen LogP contribution in [0.3, 0.4) is 0 Å². The van der Waals surface area contributed by atoms with E-state index in [1.165, 1.54) is 5.56 Å². The first kappa shape index (κ1) is 16.0. The molecular formula is C18H23BN2O2. The van der Waals surface area contributed by atoms with Gasteiger partial charge in [0.2, 0.25) is 0 Å². The first-order chi connectivity index (χ1) is 10.9. The monoisotopic (exact) mass is 310 g/mol. The van der Waals surface area contributed by atoms with Crippen molar-refractivity contribution in [3.05, 3.63) is 54.4 Å². The first-order valence-electron chi connectivity index (χ1n) is 7.96. The number of nitrogens with zero attached hydrogens (tertiary/aromatic N) is 1. The van der Waals surface area contributed by atoms with Crippen molar-refractivity contribution in [1.82, 2.24) is 4.98 Å². The number of benzene rings is 1. The molecule has 0 bridgehead atoms. The Kier molecular flexibility index (Phi) is 4.17. The summed E-state index contributed by atoms with van der Waals surface area (Å²) in [6, 6.07) is 12.3. The Morgan fingerprint density at radius 1 is 1.00 bits per heavy atom. The van der Waals surface area contributed by atoms with E-state index in [0.717, 1.165) is 17.7 Å². The standard InChI is InChI=1S/C18H23BN2O2/c1-17(2)18(3,4)23-19(22-17)15-13-20-11-10-16(15)21-12-14-8-6-5-7-9-14/h5-11,13H,12H2,1-4H3,(H,20,21). The fraction of sp³-hybridized carbons (Fsp3) is 0.389. The van der Waals surface area contributed by atoms with E-state index in [2.05, 4.69) is 50.1 Å². The van der Waals surface area contributed by atoms with Crippen LogP contribution in [-0.4, -0.2) is 23.3 Å². The van der Waals surface area contributed by atoms with Crippen LogP contribution in [0.1, 0.15) is 33.3 Å². The Bertz CT molecular complexity index is 658. The molecule has 0 unspecified atom stereocenters. The van der Waals surface area contributed by atoms with Crippen molar-refractivity contribution in [2.45, 2.75) is 45.4 Å². The molecule has 1 N–H and O–H groups in total. The molecular weight excluding hydrogens is 287 g/mol. The number of nitrogens with one attached hydrogen (secondary N) is 1. The van der Waals surface area contributed by atoms with Crippen molar-refractivity contribution in [3.8, 4) is 0 Å². The molecule has 120 valence electrons. The molecule has 0 aliphatic carbocycles. The Hall–Kier alpha value is -1.85. The Morgan fingerprint density at radius 3 is 2.30 bits per heavy atom. The van der Waals surface area contributed by atoms with Gasteiger partial charge in [-0.2, -0.15) is 0 Å². The van der Waals surface area contributed by atoms with E-state index in [4.69, 9.17) is 9.31 Å². The lowest BCUT2D eigenvalue weighted by Gasteiger charge is -2.32. The second-order valence-corrected chi connectivity index (χ2v) is 6.89. The van der Waals surface area contributed by atoms with Gasteiger partial charge in [0.15, 0.2) is 0 Å². The number of aromatic nitrogens is 1. The fourth-order valence-electron chi connectivity index (χ4n) is 2.52. The van der Waals surface area contributed by atoms with Gasteiger partial charge in [0, 0.05) is 30.1 Å². The zero-order chi connectivity index (χ0) is 16.5. The van der Waals surface area contributed by atoms with Crippen LogP contribution in [0.2, 0.25) is 0 Å². The molecule has 23 heavy (non-hydrogen) atoms. The average molecular weight is 310 g/mol. The molecule has 1 saturated heterocycles. The summed E-state index contributed by atoms with van der Waals surface area (Å²) in [4.78, 5) is 4.24. The van der Waals surface area contributed by atoms with Gasteiger partial charge in [0.05, 0.1) is 11.2 Å². The molecule has 5 heteroatoms. The predicted molar refractivity (Wildman–Crippen MR) is 93.7 cm³/mol. The summed E-state index contributed by atoms with van der Waals surface area (Å²) in [7, 11) is -0.410. The van der Waals surface area contributed by atoms with Crippen LogP contribution < -0.4 is 10.8 Å². The summed E-state index contributed by atoms with van der Waals surface area (Å²) in [6.07, 6.45) is 3.59. The summed E-state index contributed by atoms with van der Waals surface area (Å²) in [5.41, 5.74) is 2.43. The zero-order valence-electron chi connectivity index (χ0n) is 14.2. The van der Waals surface area contributed by atoms with E-state index < -0.39 is 7.12 Å². The topological polar surface area (TPSA) is 43.4 Å². The number of hydrogen-bond donors (Lipinski definition) is 1. The Labute approximate surface area is 138 Å². The maximum Gasteiger partial charge on any atom is 0.498 e. The van der Waals surface area contributed by atoms with Gasteiger partial charge in [0.25, 0.3) is 0 Å². The lowest BCUT2D eigenvalue weighted by atomic mass is 9.79. The summed E-state index contributed by atoms with van der Waals surface area (Å²) in [5.74, 6) is 0. The molecule has 2 heterocycles. The second kappa shape index (κ2) is 5.98. The van der Waals surface area contributed by atoms with Gasteiger partial charge in [-0.15, -0.1) is 0 Å². The van der Waals surface area contributed by atoms with Crippen LogP contribution in [0.5, 0.6) is 0 Å². The van der Waals surface area contributed by atoms with Crippen LogP contribution in [0.15, 0.2) is 48.8 Å². The molecule has 1 aliphatic heterocycles. The van der Waals surface area contributed by atoms with Gasteiger partial charge >= 0.3 is 7.12 Å². The molecule has 0 atom stereocenters. The van der Waals surface area contributed by atoms with E-state index in [1.54, 1.807) is 6.20 Å². The number of hydrogen-bond acceptors (Lipinski definition) is 4. The predicted octanol–water partition coefficient (Wildman–Crippen LogP) is 2.99. The van der Waals surface area contributed by atoms with Crippen molar-refractivity contribution >= 4 is 18.3 Å². The highest BCUT2D eigenvalue weighted by molar-refractivity contribution is 6.63. The van der Waals surface area contributed by atoms with Crippen molar-refractivity contribution in [1.29, 1.82) is 0 Å². The molecule has 1 aliphatic rings. The van der Waals surface area contributed by atoms with Crippen LogP contribution >= 0.6 is 0 Å². The largest absolute Gasteiger partial charge is 0.498 e. The number of rotatable bonds is 4. The SMILES string of the molecule is CC1(C)OB(c2cnccc2NCc2ccccc2)OC1(C)C. The fourth-order valence-corrected chi connectivity index (χ4v) is 2.52. The highest BCUT2D eigenvalue weighted by atomic mass is 16.7. The Morgan fingerprint density at radius 2 is 1.65 bits per heavy atom. The molecule has 2 aromatic rings. The lowest BCUT2D eigenvalue weighted by molar-refractivity contribution is 0.00578. The third kappa shape index (κ3) is 3.26. The molecule has 0 spiro atoms. The number of pyridine rings is 1. The average Bonchev–Trinajstić information content (AvgIpc) is 2.75. The molecule has 1 fully saturated rings. The van der Waals surface area contributed by atoms with Crippen LogP contribution in [0, 0.1) is 0 Å². The number of anilines is 1. The van der Waals surface area contributed by atoms with E-state index in [-0.39, 0.29) is 11.2 Å². The first-order valence-corrected chi connectivity index (χ1v) is 7.96. The molecule has 1 aromatic carbocycles. The van der Waals surface area contributed by atoms with Gasteiger partial charge in [-0.05, 0) is 39.3 Å². The van der Waals surface area contributed by atoms with Crippen molar-refractivity contribution in [2.75, 3.05) is 5.32 Å². The maximum atomic E-state index is 6.14. The normalized spacial score (nSPS) is 18.9. The van der Waals surface area contributed by atoms with Crippen LogP contribution in [0.25, 0.3) is 0 Å². The van der Waals surface area contributed by atoms with E-state index in [1.807, 2.05) is 30.5 Å². The van der Waals surface area contributed by atoms with Gasteiger partial charge in [-0.3, -0.25) is 4.98 Å². The van der Waals surface area contributed by atoms with Crippen molar-refractivity contribution < 1.29 is 9.31 Å².